The van der Waals surface area contributed by atoms with Crippen LogP contribution in [-0.4, -0.2) is 22.6 Å². The lowest BCUT2D eigenvalue weighted by Gasteiger charge is -2.17. The Balaban J connectivity index is 3.52. The molecule has 0 aliphatic rings. The molecular weight excluding hydrogens is 236 g/mol. The largest absolute Gasteiger partial charge is 0.449 e. The van der Waals surface area contributed by atoms with Gasteiger partial charge in [-0.25, -0.2) is 0 Å². The van der Waals surface area contributed by atoms with E-state index in [2.05, 4.69) is 33.4 Å². The van der Waals surface area contributed by atoms with Gasteiger partial charge < -0.3 is 9.84 Å². The summed E-state index contributed by atoms with van der Waals surface area (Å²) in [7, 11) is 0. The highest BCUT2D eigenvalue weighted by molar-refractivity contribution is 7.80. The van der Waals surface area contributed by atoms with Crippen molar-refractivity contribution in [2.24, 2.45) is 5.41 Å². The van der Waals surface area contributed by atoms with Crippen molar-refractivity contribution in [1.29, 1.82) is 0 Å². The van der Waals surface area contributed by atoms with E-state index in [4.69, 9.17) is 9.84 Å². The molecule has 0 aromatic carbocycles. The summed E-state index contributed by atoms with van der Waals surface area (Å²) in [6.45, 7) is 8.20. The average molecular weight is 262 g/mol. The van der Waals surface area contributed by atoms with Crippen molar-refractivity contribution in [1.82, 2.24) is 0 Å². The number of carbonyl (C=O) groups excluding carboxylic acids is 1. The molecule has 17 heavy (non-hydrogen) atoms. The first-order valence-electron chi connectivity index (χ1n) is 6.28. The second-order valence-electron chi connectivity index (χ2n) is 5.74. The highest BCUT2D eigenvalue weighted by atomic mass is 32.1. The van der Waals surface area contributed by atoms with Crippen molar-refractivity contribution in [3.8, 4) is 0 Å². The minimum atomic E-state index is -0.733. The maximum atomic E-state index is 11.3. The Bertz CT molecular complexity index is 221. The zero-order valence-electron chi connectivity index (χ0n) is 11.4. The number of ether oxygens (including phenoxy) is 1. The van der Waals surface area contributed by atoms with Gasteiger partial charge in [0, 0.05) is 6.42 Å². The summed E-state index contributed by atoms with van der Waals surface area (Å²) < 4.78 is 4.93. The second-order valence-corrected chi connectivity index (χ2v) is 6.25. The van der Waals surface area contributed by atoms with Crippen molar-refractivity contribution >= 4 is 18.6 Å². The van der Waals surface area contributed by atoms with Crippen LogP contribution in [-0.2, 0) is 9.53 Å². The first-order chi connectivity index (χ1) is 7.72. The Morgan fingerprint density at radius 2 is 1.88 bits per heavy atom. The molecule has 0 spiro atoms. The second kappa shape index (κ2) is 7.98. The fourth-order valence-corrected chi connectivity index (χ4v) is 1.51. The molecule has 1 N–H and O–H groups in total. The predicted molar refractivity (Wildman–Crippen MR) is 73.1 cm³/mol. The van der Waals surface area contributed by atoms with Gasteiger partial charge in [-0.05, 0) is 25.2 Å². The van der Waals surface area contributed by atoms with Gasteiger partial charge in [0.15, 0.2) is 5.44 Å². The zero-order chi connectivity index (χ0) is 13.5. The number of thiol groups is 1. The fraction of sp³-hybridized carbons (Fsp3) is 0.923. The molecular formula is C13H26O3S. The summed E-state index contributed by atoms with van der Waals surface area (Å²) in [5.41, 5.74) is -0.347. The minimum Gasteiger partial charge on any atom is -0.449 e. The lowest BCUT2D eigenvalue weighted by Crippen LogP contribution is -2.23. The predicted octanol–water partition coefficient (Wildman–Crippen LogP) is 3.16. The Labute approximate surface area is 110 Å². The number of esters is 1. The van der Waals surface area contributed by atoms with Crippen LogP contribution in [0.2, 0.25) is 0 Å². The first kappa shape index (κ1) is 16.8. The third kappa shape index (κ3) is 10.6. The topological polar surface area (TPSA) is 46.5 Å². The van der Waals surface area contributed by atoms with E-state index in [9.17, 15) is 4.79 Å². The monoisotopic (exact) mass is 262 g/mol. The van der Waals surface area contributed by atoms with Crippen LogP contribution in [0.15, 0.2) is 0 Å². The summed E-state index contributed by atoms with van der Waals surface area (Å²) in [5, 5.41) is 9.12. The number of unbranched alkanes of at least 4 members (excludes halogenated alkanes) is 2. The molecule has 0 aliphatic carbocycles. The molecule has 3 nitrogen and oxygen atoms in total. The van der Waals surface area contributed by atoms with Crippen LogP contribution in [0.1, 0.15) is 59.8 Å². The molecule has 0 rings (SSSR count). The van der Waals surface area contributed by atoms with Crippen LogP contribution in [0, 0.1) is 5.41 Å². The molecule has 0 radical (unpaired) electrons. The normalized spacial score (nSPS) is 15.4. The minimum absolute atomic E-state index is 0.276. The van der Waals surface area contributed by atoms with Crippen molar-refractivity contribution in [3.63, 3.8) is 0 Å². The molecule has 0 aromatic heterocycles. The molecule has 0 saturated carbocycles. The number of carbonyl (C=O) groups is 1. The molecule has 0 bridgehead atoms. The lowest BCUT2D eigenvalue weighted by atomic mass is 9.89. The van der Waals surface area contributed by atoms with Crippen molar-refractivity contribution < 1.29 is 14.6 Å². The van der Waals surface area contributed by atoms with Crippen LogP contribution in [0.5, 0.6) is 0 Å². The summed E-state index contributed by atoms with van der Waals surface area (Å²) in [6, 6.07) is 0. The molecule has 0 heterocycles. The van der Waals surface area contributed by atoms with Crippen LogP contribution in [0.4, 0.5) is 0 Å². The van der Waals surface area contributed by atoms with Gasteiger partial charge in [-0.2, -0.15) is 0 Å². The number of hydrogen-bond donors (Lipinski definition) is 2. The molecule has 0 fully saturated rings. The van der Waals surface area contributed by atoms with E-state index in [1.54, 1.807) is 6.92 Å². The summed E-state index contributed by atoms with van der Waals surface area (Å²) in [5.74, 6) is -0.276. The van der Waals surface area contributed by atoms with E-state index in [0.717, 1.165) is 19.3 Å². The van der Waals surface area contributed by atoms with Crippen molar-refractivity contribution in [2.45, 2.75) is 71.3 Å². The Morgan fingerprint density at radius 3 is 2.35 bits per heavy atom. The van der Waals surface area contributed by atoms with E-state index in [1.807, 2.05) is 0 Å². The van der Waals surface area contributed by atoms with E-state index >= 15 is 0 Å². The molecule has 0 amide bonds. The van der Waals surface area contributed by atoms with Crippen LogP contribution in [0.25, 0.3) is 0 Å². The lowest BCUT2D eigenvalue weighted by molar-refractivity contribution is -0.148. The number of aliphatic hydroxyl groups excluding tert-OH is 1. The van der Waals surface area contributed by atoms with Crippen LogP contribution >= 0.6 is 12.6 Å². The standard InChI is InChI=1S/C13H26O3S/c1-10(14)12(17)16-11(15)8-6-5-7-9-13(2,3)4/h10,12,14,17H,5-9H2,1-4H3. The molecule has 2 atom stereocenters. The fourth-order valence-electron chi connectivity index (χ4n) is 1.39. The SMILES string of the molecule is CC(O)C(S)OC(=O)CCCCCC(C)(C)C. The van der Waals surface area contributed by atoms with Crippen LogP contribution < -0.4 is 0 Å². The Hall–Kier alpha value is -0.220. The number of aliphatic hydroxyl groups is 1. The zero-order valence-corrected chi connectivity index (χ0v) is 12.3. The van der Waals surface area contributed by atoms with Crippen molar-refractivity contribution in [3.05, 3.63) is 0 Å². The smallest absolute Gasteiger partial charge is 0.306 e. The van der Waals surface area contributed by atoms with E-state index in [0.29, 0.717) is 11.8 Å². The van der Waals surface area contributed by atoms with Gasteiger partial charge in [-0.15, -0.1) is 12.6 Å². The van der Waals surface area contributed by atoms with Gasteiger partial charge in [0.25, 0.3) is 0 Å². The molecule has 2 unspecified atom stereocenters. The highest BCUT2D eigenvalue weighted by Gasteiger charge is 2.15. The van der Waals surface area contributed by atoms with Gasteiger partial charge in [0.2, 0.25) is 0 Å². The third-order valence-corrected chi connectivity index (χ3v) is 3.01. The maximum Gasteiger partial charge on any atom is 0.306 e. The first-order valence-corrected chi connectivity index (χ1v) is 6.79. The van der Waals surface area contributed by atoms with Gasteiger partial charge >= 0.3 is 5.97 Å². The van der Waals surface area contributed by atoms with Gasteiger partial charge in [-0.1, -0.05) is 33.6 Å². The van der Waals surface area contributed by atoms with Crippen LogP contribution in [0.3, 0.4) is 0 Å². The molecule has 0 aromatic rings. The van der Waals surface area contributed by atoms with Gasteiger partial charge in [-0.3, -0.25) is 4.79 Å². The van der Waals surface area contributed by atoms with E-state index in [-0.39, 0.29) is 5.97 Å². The molecule has 102 valence electrons. The maximum absolute atomic E-state index is 11.3. The molecule has 0 aliphatic heterocycles. The Kier molecular flexibility index (Phi) is 7.88. The summed E-state index contributed by atoms with van der Waals surface area (Å²) in [6.07, 6.45) is 3.87. The summed E-state index contributed by atoms with van der Waals surface area (Å²) in [4.78, 5) is 11.3. The Morgan fingerprint density at radius 1 is 1.29 bits per heavy atom. The number of rotatable bonds is 7. The van der Waals surface area contributed by atoms with E-state index in [1.165, 1.54) is 6.42 Å². The quantitative estimate of drug-likeness (QED) is 0.321. The molecule has 0 saturated heterocycles. The van der Waals surface area contributed by atoms with E-state index < -0.39 is 11.5 Å². The van der Waals surface area contributed by atoms with Crippen molar-refractivity contribution in [2.75, 3.05) is 0 Å². The third-order valence-electron chi connectivity index (χ3n) is 2.47. The number of hydrogen-bond acceptors (Lipinski definition) is 4. The highest BCUT2D eigenvalue weighted by Crippen LogP contribution is 2.22. The summed E-state index contributed by atoms with van der Waals surface area (Å²) >= 11 is 3.97. The molecule has 4 heteroatoms. The van der Waals surface area contributed by atoms with Gasteiger partial charge in [0.1, 0.15) is 0 Å². The van der Waals surface area contributed by atoms with Gasteiger partial charge in [0.05, 0.1) is 6.10 Å². The average Bonchev–Trinajstić information content (AvgIpc) is 2.15.